The number of rotatable bonds is 9. The van der Waals surface area contributed by atoms with Gasteiger partial charge in [-0.25, -0.2) is 0 Å². The molecule has 0 saturated carbocycles. The molecule has 0 unspecified atom stereocenters. The van der Waals surface area contributed by atoms with Crippen molar-refractivity contribution in [2.24, 2.45) is 0 Å². The van der Waals surface area contributed by atoms with Gasteiger partial charge in [0, 0.05) is 28.1 Å². The van der Waals surface area contributed by atoms with Crippen molar-refractivity contribution in [2.45, 2.75) is 12.4 Å². The van der Waals surface area contributed by atoms with Crippen LogP contribution in [-0.4, -0.2) is 18.2 Å². The molecule has 0 aromatic heterocycles. The van der Waals surface area contributed by atoms with Gasteiger partial charge >= 0.3 is 0 Å². The number of amides is 1. The summed E-state index contributed by atoms with van der Waals surface area (Å²) >= 11 is 14.0. The Kier molecular flexibility index (Phi) is 8.29. The smallest absolute Gasteiger partial charge is 0.255 e. The summed E-state index contributed by atoms with van der Waals surface area (Å²) in [5, 5.41) is 4.28. The molecule has 0 aliphatic rings. The van der Waals surface area contributed by atoms with Crippen LogP contribution in [0.25, 0.3) is 0 Å². The number of carbonyl (C=O) groups is 1. The van der Waals surface area contributed by atoms with Crippen molar-refractivity contribution in [2.75, 3.05) is 12.3 Å². The molecule has 150 valence electrons. The fourth-order valence-electron chi connectivity index (χ4n) is 2.69. The number of benzene rings is 3. The number of hydrogen-bond donors (Lipinski definition) is 1. The summed E-state index contributed by atoms with van der Waals surface area (Å²) in [5.74, 6) is 1.88. The van der Waals surface area contributed by atoms with Crippen LogP contribution in [0.2, 0.25) is 10.0 Å². The Morgan fingerprint density at radius 1 is 0.897 bits per heavy atom. The SMILES string of the molecule is O=C(NCCSCc1c(Cl)cccc1Cl)c1ccccc1OCc1ccccc1. The maximum atomic E-state index is 12.6. The van der Waals surface area contributed by atoms with Crippen molar-refractivity contribution in [3.8, 4) is 5.75 Å². The first kappa shape index (κ1) is 21.6. The molecule has 3 rings (SSSR count). The molecule has 0 aliphatic heterocycles. The molecular weight excluding hydrogens is 425 g/mol. The third kappa shape index (κ3) is 6.43. The molecule has 0 atom stereocenters. The van der Waals surface area contributed by atoms with E-state index in [0.717, 1.165) is 16.9 Å². The van der Waals surface area contributed by atoms with Gasteiger partial charge in [-0.05, 0) is 35.4 Å². The molecule has 0 fully saturated rings. The molecular formula is C23H21Cl2NO2S. The highest BCUT2D eigenvalue weighted by molar-refractivity contribution is 7.98. The van der Waals surface area contributed by atoms with E-state index in [0.29, 0.717) is 40.3 Å². The molecule has 0 radical (unpaired) electrons. The van der Waals surface area contributed by atoms with Crippen LogP contribution in [-0.2, 0) is 12.4 Å². The summed E-state index contributed by atoms with van der Waals surface area (Å²) in [5.41, 5.74) is 2.51. The van der Waals surface area contributed by atoms with Crippen molar-refractivity contribution in [1.29, 1.82) is 0 Å². The van der Waals surface area contributed by atoms with E-state index in [-0.39, 0.29) is 5.91 Å². The van der Waals surface area contributed by atoms with E-state index in [1.54, 1.807) is 17.8 Å². The van der Waals surface area contributed by atoms with Crippen LogP contribution in [0.15, 0.2) is 72.8 Å². The van der Waals surface area contributed by atoms with Gasteiger partial charge in [0.1, 0.15) is 12.4 Å². The lowest BCUT2D eigenvalue weighted by Crippen LogP contribution is -2.26. The van der Waals surface area contributed by atoms with E-state index in [4.69, 9.17) is 27.9 Å². The lowest BCUT2D eigenvalue weighted by atomic mass is 10.2. The highest BCUT2D eigenvalue weighted by atomic mass is 35.5. The van der Waals surface area contributed by atoms with Gasteiger partial charge in [0.25, 0.3) is 5.91 Å². The summed E-state index contributed by atoms with van der Waals surface area (Å²) in [6.45, 7) is 0.957. The Bertz CT molecular complexity index is 930. The molecule has 3 nitrogen and oxygen atoms in total. The predicted molar refractivity (Wildman–Crippen MR) is 122 cm³/mol. The Morgan fingerprint density at radius 2 is 1.59 bits per heavy atom. The number of nitrogens with one attached hydrogen (secondary N) is 1. The van der Waals surface area contributed by atoms with E-state index < -0.39 is 0 Å². The number of hydrogen-bond acceptors (Lipinski definition) is 3. The lowest BCUT2D eigenvalue weighted by Gasteiger charge is -2.12. The molecule has 0 saturated heterocycles. The van der Waals surface area contributed by atoms with Gasteiger partial charge in [0.05, 0.1) is 5.56 Å². The standard InChI is InChI=1S/C23H21Cl2NO2S/c24-20-10-6-11-21(25)19(20)16-29-14-13-26-23(27)18-9-4-5-12-22(18)28-15-17-7-2-1-3-8-17/h1-12H,13-16H2,(H,26,27). The minimum atomic E-state index is -0.148. The van der Waals surface area contributed by atoms with E-state index in [1.165, 1.54) is 0 Å². The summed E-state index contributed by atoms with van der Waals surface area (Å²) < 4.78 is 5.86. The van der Waals surface area contributed by atoms with Gasteiger partial charge in [-0.2, -0.15) is 11.8 Å². The maximum Gasteiger partial charge on any atom is 0.255 e. The molecule has 6 heteroatoms. The van der Waals surface area contributed by atoms with Crippen LogP contribution in [0.1, 0.15) is 21.5 Å². The van der Waals surface area contributed by atoms with Crippen LogP contribution >= 0.6 is 35.0 Å². The average molecular weight is 446 g/mol. The molecule has 0 spiro atoms. The summed E-state index contributed by atoms with van der Waals surface area (Å²) in [6.07, 6.45) is 0. The van der Waals surface area contributed by atoms with Gasteiger partial charge in [0.15, 0.2) is 0 Å². The minimum absolute atomic E-state index is 0.148. The third-order valence-corrected chi connectivity index (χ3v) is 5.90. The Labute approximate surface area is 185 Å². The van der Waals surface area contributed by atoms with Crippen LogP contribution in [0.5, 0.6) is 5.75 Å². The van der Waals surface area contributed by atoms with Crippen molar-refractivity contribution < 1.29 is 9.53 Å². The largest absolute Gasteiger partial charge is 0.488 e. The minimum Gasteiger partial charge on any atom is -0.488 e. The highest BCUT2D eigenvalue weighted by Crippen LogP contribution is 2.28. The summed E-state index contributed by atoms with van der Waals surface area (Å²) in [4.78, 5) is 12.6. The van der Waals surface area contributed by atoms with Crippen molar-refractivity contribution in [1.82, 2.24) is 5.32 Å². The van der Waals surface area contributed by atoms with Gasteiger partial charge < -0.3 is 10.1 Å². The second kappa shape index (κ2) is 11.1. The Morgan fingerprint density at radius 3 is 2.34 bits per heavy atom. The maximum absolute atomic E-state index is 12.6. The molecule has 0 aliphatic carbocycles. The van der Waals surface area contributed by atoms with Crippen molar-refractivity contribution in [3.63, 3.8) is 0 Å². The number of ether oxygens (including phenoxy) is 1. The molecule has 3 aromatic rings. The molecule has 29 heavy (non-hydrogen) atoms. The monoisotopic (exact) mass is 445 g/mol. The van der Waals surface area contributed by atoms with E-state index in [9.17, 15) is 4.79 Å². The average Bonchev–Trinajstić information content (AvgIpc) is 2.74. The number of para-hydroxylation sites is 1. The molecule has 1 amide bonds. The van der Waals surface area contributed by atoms with Crippen LogP contribution in [0.4, 0.5) is 0 Å². The Hall–Kier alpha value is -2.14. The zero-order valence-electron chi connectivity index (χ0n) is 15.7. The molecule has 0 heterocycles. The first-order chi connectivity index (χ1) is 14.1. The second-order valence-corrected chi connectivity index (χ2v) is 8.20. The number of carbonyl (C=O) groups excluding carboxylic acids is 1. The van der Waals surface area contributed by atoms with E-state index in [2.05, 4.69) is 5.32 Å². The highest BCUT2D eigenvalue weighted by Gasteiger charge is 2.12. The van der Waals surface area contributed by atoms with Gasteiger partial charge in [-0.1, -0.05) is 71.7 Å². The third-order valence-electron chi connectivity index (χ3n) is 4.21. The number of thioether (sulfide) groups is 1. The van der Waals surface area contributed by atoms with E-state index in [1.807, 2.05) is 66.7 Å². The fourth-order valence-corrected chi connectivity index (χ4v) is 4.29. The van der Waals surface area contributed by atoms with Gasteiger partial charge in [-0.15, -0.1) is 0 Å². The predicted octanol–water partition coefficient (Wildman–Crippen LogP) is 6.24. The first-order valence-corrected chi connectivity index (χ1v) is 11.1. The second-order valence-electron chi connectivity index (χ2n) is 6.28. The number of halogens is 2. The normalized spacial score (nSPS) is 10.6. The van der Waals surface area contributed by atoms with Crippen LogP contribution in [0, 0.1) is 0 Å². The zero-order chi connectivity index (χ0) is 20.5. The van der Waals surface area contributed by atoms with Crippen molar-refractivity contribution >= 4 is 40.9 Å². The van der Waals surface area contributed by atoms with Gasteiger partial charge in [-0.3, -0.25) is 4.79 Å². The van der Waals surface area contributed by atoms with Crippen LogP contribution in [0.3, 0.4) is 0 Å². The fraction of sp³-hybridized carbons (Fsp3) is 0.174. The van der Waals surface area contributed by atoms with E-state index >= 15 is 0 Å². The van der Waals surface area contributed by atoms with Crippen LogP contribution < -0.4 is 10.1 Å². The zero-order valence-corrected chi connectivity index (χ0v) is 18.1. The molecule has 1 N–H and O–H groups in total. The lowest BCUT2D eigenvalue weighted by molar-refractivity contribution is 0.0951. The van der Waals surface area contributed by atoms with Gasteiger partial charge in [0.2, 0.25) is 0 Å². The molecule has 0 bridgehead atoms. The summed E-state index contributed by atoms with van der Waals surface area (Å²) in [6, 6.07) is 22.6. The van der Waals surface area contributed by atoms with Crippen molar-refractivity contribution in [3.05, 3.63) is 99.5 Å². The Balaban J connectivity index is 1.48. The first-order valence-electron chi connectivity index (χ1n) is 9.19. The topological polar surface area (TPSA) is 38.3 Å². The molecule has 3 aromatic carbocycles. The quantitative estimate of drug-likeness (QED) is 0.396. The summed E-state index contributed by atoms with van der Waals surface area (Å²) in [7, 11) is 0.